The summed E-state index contributed by atoms with van der Waals surface area (Å²) in [5, 5.41) is 0. The second-order valence-corrected chi connectivity index (χ2v) is 6.13. The molecule has 1 saturated heterocycles. The molecule has 1 aromatic rings. The van der Waals surface area contributed by atoms with Crippen molar-refractivity contribution in [3.8, 4) is 5.88 Å². The molecule has 118 valence electrons. The number of methoxy groups -OCH3 is 1. The highest BCUT2D eigenvalue weighted by Gasteiger charge is 2.25. The monoisotopic (exact) mass is 292 g/mol. The summed E-state index contributed by atoms with van der Waals surface area (Å²) in [7, 11) is 5.94. The van der Waals surface area contributed by atoms with Crippen molar-refractivity contribution in [1.82, 2.24) is 14.8 Å². The molecule has 0 aromatic carbocycles. The second-order valence-electron chi connectivity index (χ2n) is 6.13. The highest BCUT2D eigenvalue weighted by atomic mass is 16.5. The van der Waals surface area contributed by atoms with Crippen LogP contribution in [0.5, 0.6) is 5.88 Å². The van der Waals surface area contributed by atoms with Crippen LogP contribution in [0.4, 0.5) is 0 Å². The molecule has 21 heavy (non-hydrogen) atoms. The van der Waals surface area contributed by atoms with E-state index in [0.29, 0.717) is 12.4 Å². The number of nitrogens with two attached hydrogens (primary N) is 1. The van der Waals surface area contributed by atoms with Crippen LogP contribution >= 0.6 is 0 Å². The lowest BCUT2D eigenvalue weighted by atomic mass is 9.94. The highest BCUT2D eigenvalue weighted by molar-refractivity contribution is 5.21. The lowest BCUT2D eigenvalue weighted by Gasteiger charge is -2.38. The van der Waals surface area contributed by atoms with Crippen LogP contribution in [0.3, 0.4) is 0 Å². The fourth-order valence-electron chi connectivity index (χ4n) is 3.17. The standard InChI is InChI=1S/C16H28N4O/c1-19(2)12-13-6-8-20(9-7-13)15(10-17)14-4-5-16(21-3)18-11-14/h4-5,11,13,15H,6-10,12,17H2,1-3H3. The molecule has 0 saturated carbocycles. The summed E-state index contributed by atoms with van der Waals surface area (Å²) in [4.78, 5) is 9.09. The summed E-state index contributed by atoms with van der Waals surface area (Å²) in [6.45, 7) is 4.05. The molecular weight excluding hydrogens is 264 g/mol. The van der Waals surface area contributed by atoms with Crippen molar-refractivity contribution < 1.29 is 4.74 Å². The van der Waals surface area contributed by atoms with Crippen LogP contribution < -0.4 is 10.5 Å². The zero-order valence-electron chi connectivity index (χ0n) is 13.5. The highest BCUT2D eigenvalue weighted by Crippen LogP contribution is 2.26. The Morgan fingerprint density at radius 1 is 1.38 bits per heavy atom. The molecule has 5 nitrogen and oxygen atoms in total. The van der Waals surface area contributed by atoms with Gasteiger partial charge in [0.15, 0.2) is 0 Å². The molecule has 5 heteroatoms. The Hall–Kier alpha value is -1.17. The van der Waals surface area contributed by atoms with Gasteiger partial charge in [0.1, 0.15) is 0 Å². The van der Waals surface area contributed by atoms with E-state index in [9.17, 15) is 0 Å². The van der Waals surface area contributed by atoms with E-state index in [1.807, 2.05) is 12.3 Å². The van der Waals surface area contributed by atoms with Gasteiger partial charge in [-0.15, -0.1) is 0 Å². The molecule has 1 aliphatic heterocycles. The van der Waals surface area contributed by atoms with Crippen molar-refractivity contribution in [3.63, 3.8) is 0 Å². The zero-order chi connectivity index (χ0) is 15.2. The van der Waals surface area contributed by atoms with Gasteiger partial charge in [-0.25, -0.2) is 4.98 Å². The fourth-order valence-corrected chi connectivity index (χ4v) is 3.17. The second kappa shape index (κ2) is 7.73. The third-order valence-electron chi connectivity index (χ3n) is 4.29. The van der Waals surface area contributed by atoms with E-state index < -0.39 is 0 Å². The van der Waals surface area contributed by atoms with E-state index in [2.05, 4.69) is 34.9 Å². The van der Waals surface area contributed by atoms with Crippen LogP contribution in [-0.2, 0) is 0 Å². The largest absolute Gasteiger partial charge is 0.481 e. The molecule has 0 amide bonds. The number of likely N-dealkylation sites (tertiary alicyclic amines) is 1. The van der Waals surface area contributed by atoms with E-state index in [1.54, 1.807) is 7.11 Å². The summed E-state index contributed by atoms with van der Waals surface area (Å²) in [6.07, 6.45) is 4.39. The molecule has 2 N–H and O–H groups in total. The Balaban J connectivity index is 1.95. The van der Waals surface area contributed by atoms with E-state index in [-0.39, 0.29) is 6.04 Å². The predicted molar refractivity (Wildman–Crippen MR) is 85.4 cm³/mol. The molecule has 0 spiro atoms. The van der Waals surface area contributed by atoms with E-state index >= 15 is 0 Å². The molecule has 1 aliphatic rings. The quantitative estimate of drug-likeness (QED) is 0.858. The Labute approximate surface area is 128 Å². The first-order chi connectivity index (χ1) is 10.1. The lowest BCUT2D eigenvalue weighted by molar-refractivity contribution is 0.122. The van der Waals surface area contributed by atoms with Gasteiger partial charge in [0, 0.05) is 31.4 Å². The van der Waals surface area contributed by atoms with Crippen molar-refractivity contribution in [2.75, 3.05) is 47.4 Å². The minimum Gasteiger partial charge on any atom is -0.481 e. The van der Waals surface area contributed by atoms with Gasteiger partial charge in [-0.2, -0.15) is 0 Å². The van der Waals surface area contributed by atoms with Gasteiger partial charge in [-0.05, 0) is 51.5 Å². The number of pyridine rings is 1. The minimum atomic E-state index is 0.267. The average molecular weight is 292 g/mol. The van der Waals surface area contributed by atoms with Gasteiger partial charge in [0.2, 0.25) is 5.88 Å². The average Bonchev–Trinajstić information content (AvgIpc) is 2.50. The third kappa shape index (κ3) is 4.40. The number of nitrogens with zero attached hydrogens (tertiary/aromatic N) is 3. The molecule has 2 heterocycles. The maximum absolute atomic E-state index is 6.01. The van der Waals surface area contributed by atoms with E-state index in [0.717, 1.165) is 19.0 Å². The zero-order valence-corrected chi connectivity index (χ0v) is 13.5. The number of hydrogen-bond donors (Lipinski definition) is 1. The SMILES string of the molecule is COc1ccc(C(CN)N2CCC(CN(C)C)CC2)cn1. The Morgan fingerprint density at radius 3 is 2.57 bits per heavy atom. The molecule has 2 rings (SSSR count). The molecule has 1 aromatic heterocycles. The maximum Gasteiger partial charge on any atom is 0.212 e. The summed E-state index contributed by atoms with van der Waals surface area (Å²) < 4.78 is 5.12. The smallest absolute Gasteiger partial charge is 0.212 e. The molecule has 0 bridgehead atoms. The number of hydrogen-bond acceptors (Lipinski definition) is 5. The first-order valence-electron chi connectivity index (χ1n) is 7.72. The van der Waals surface area contributed by atoms with Gasteiger partial charge < -0.3 is 15.4 Å². The van der Waals surface area contributed by atoms with Crippen LogP contribution in [0.25, 0.3) is 0 Å². The summed E-state index contributed by atoms with van der Waals surface area (Å²) in [5.74, 6) is 1.46. The van der Waals surface area contributed by atoms with E-state index in [4.69, 9.17) is 10.5 Å². The normalized spacial score (nSPS) is 18.9. The van der Waals surface area contributed by atoms with Crippen LogP contribution in [-0.4, -0.2) is 62.2 Å². The Bertz CT molecular complexity index is 413. The van der Waals surface area contributed by atoms with Gasteiger partial charge >= 0.3 is 0 Å². The van der Waals surface area contributed by atoms with E-state index in [1.165, 1.54) is 24.9 Å². The van der Waals surface area contributed by atoms with Gasteiger partial charge in [0.25, 0.3) is 0 Å². The summed E-state index contributed by atoms with van der Waals surface area (Å²) in [6, 6.07) is 4.26. The van der Waals surface area contributed by atoms with Crippen LogP contribution in [0.15, 0.2) is 18.3 Å². The van der Waals surface area contributed by atoms with Gasteiger partial charge in [-0.3, -0.25) is 4.90 Å². The van der Waals surface area contributed by atoms with Crippen LogP contribution in [0.1, 0.15) is 24.4 Å². The van der Waals surface area contributed by atoms with Crippen molar-refractivity contribution in [2.24, 2.45) is 11.7 Å². The number of aromatic nitrogens is 1. The van der Waals surface area contributed by atoms with Crippen molar-refractivity contribution in [2.45, 2.75) is 18.9 Å². The summed E-state index contributed by atoms with van der Waals surface area (Å²) >= 11 is 0. The van der Waals surface area contributed by atoms with Crippen molar-refractivity contribution in [3.05, 3.63) is 23.9 Å². The Morgan fingerprint density at radius 2 is 2.10 bits per heavy atom. The molecule has 0 radical (unpaired) electrons. The molecule has 1 atom stereocenters. The predicted octanol–water partition coefficient (Wildman–Crippen LogP) is 1.36. The van der Waals surface area contributed by atoms with Crippen LogP contribution in [0.2, 0.25) is 0 Å². The fraction of sp³-hybridized carbons (Fsp3) is 0.688. The number of piperidine rings is 1. The van der Waals surface area contributed by atoms with Gasteiger partial charge in [-0.1, -0.05) is 6.07 Å². The molecule has 0 aliphatic carbocycles. The van der Waals surface area contributed by atoms with Crippen LogP contribution in [0, 0.1) is 5.92 Å². The lowest BCUT2D eigenvalue weighted by Crippen LogP contribution is -2.41. The number of ether oxygens (including phenoxy) is 1. The van der Waals surface area contributed by atoms with Crippen molar-refractivity contribution >= 4 is 0 Å². The van der Waals surface area contributed by atoms with Crippen molar-refractivity contribution in [1.29, 1.82) is 0 Å². The summed E-state index contributed by atoms with van der Waals surface area (Å²) in [5.41, 5.74) is 7.20. The van der Waals surface area contributed by atoms with Gasteiger partial charge in [0.05, 0.1) is 7.11 Å². The first kappa shape index (κ1) is 16.2. The molecule has 1 unspecified atom stereocenters. The first-order valence-corrected chi connectivity index (χ1v) is 7.72. The number of rotatable bonds is 6. The topological polar surface area (TPSA) is 54.6 Å². The third-order valence-corrected chi connectivity index (χ3v) is 4.29. The maximum atomic E-state index is 6.01. The molecular formula is C16H28N4O. The Kier molecular flexibility index (Phi) is 5.96. The molecule has 1 fully saturated rings. The minimum absolute atomic E-state index is 0.267.